The first-order valence-electron chi connectivity index (χ1n) is 6.13. The normalized spacial score (nSPS) is 11.7. The summed E-state index contributed by atoms with van der Waals surface area (Å²) in [5, 5.41) is 4.75. The van der Waals surface area contributed by atoms with Crippen LogP contribution in [0.5, 0.6) is 0 Å². The van der Waals surface area contributed by atoms with E-state index in [1.807, 2.05) is 17.0 Å². The van der Waals surface area contributed by atoms with Crippen LogP contribution in [0.2, 0.25) is 0 Å². The summed E-state index contributed by atoms with van der Waals surface area (Å²) in [7, 11) is -2.12. The van der Waals surface area contributed by atoms with E-state index in [0.29, 0.717) is 5.39 Å². The van der Waals surface area contributed by atoms with Gasteiger partial charge in [0.1, 0.15) is 0 Å². The van der Waals surface area contributed by atoms with E-state index < -0.39 is 15.9 Å². The lowest BCUT2D eigenvalue weighted by atomic mass is 10.2. The third-order valence-corrected chi connectivity index (χ3v) is 5.41. The first-order valence-corrected chi connectivity index (χ1v) is 8.39. The van der Waals surface area contributed by atoms with Gasteiger partial charge in [-0.1, -0.05) is 18.2 Å². The zero-order valence-corrected chi connectivity index (χ0v) is 13.0. The highest BCUT2D eigenvalue weighted by molar-refractivity contribution is 7.91. The van der Waals surface area contributed by atoms with Crippen LogP contribution in [0.25, 0.3) is 10.9 Å². The number of nitrogens with one attached hydrogen (secondary N) is 2. The van der Waals surface area contributed by atoms with E-state index in [1.165, 1.54) is 12.3 Å². The van der Waals surface area contributed by atoms with Crippen molar-refractivity contribution >= 4 is 38.4 Å². The summed E-state index contributed by atoms with van der Waals surface area (Å²) in [6.45, 7) is 0. The smallest absolute Gasteiger partial charge is 0.272 e. The Hall–Kier alpha value is -2.30. The number of hydrogen-bond acceptors (Lipinski definition) is 6. The second-order valence-corrected chi connectivity index (χ2v) is 7.12. The number of nitrogens with zero attached hydrogens (tertiary/aromatic N) is 3. The van der Waals surface area contributed by atoms with E-state index in [1.54, 1.807) is 23.9 Å². The number of hydrogen-bond donors (Lipinski definition) is 2. The quantitative estimate of drug-likeness (QED) is 0.680. The van der Waals surface area contributed by atoms with Gasteiger partial charge in [0.05, 0.1) is 5.52 Å². The summed E-state index contributed by atoms with van der Waals surface area (Å²) in [6.07, 6.45) is 1.37. The summed E-state index contributed by atoms with van der Waals surface area (Å²) in [5.41, 5.74) is 3.08. The largest absolute Gasteiger partial charge is 0.287 e. The molecule has 3 rings (SSSR count). The number of fused-ring (bicyclic) bond motifs is 1. The second kappa shape index (κ2) is 5.48. The molecule has 0 unspecified atom stereocenters. The molecular formula is C12H11N5O3S2. The average Bonchev–Trinajstić information content (AvgIpc) is 3.14. The number of amides is 1. The zero-order chi connectivity index (χ0) is 15.7. The number of rotatable bonds is 4. The molecule has 22 heavy (non-hydrogen) atoms. The Kier molecular flexibility index (Phi) is 3.64. The molecule has 2 heterocycles. The summed E-state index contributed by atoms with van der Waals surface area (Å²) in [6, 6.07) is 8.52. The predicted molar refractivity (Wildman–Crippen MR) is 80.6 cm³/mol. The number of aryl methyl sites for hydroxylation is 1. The van der Waals surface area contributed by atoms with Gasteiger partial charge in [0, 0.05) is 18.6 Å². The van der Waals surface area contributed by atoms with Crippen molar-refractivity contribution in [1.82, 2.24) is 24.4 Å². The van der Waals surface area contributed by atoms with Crippen LogP contribution >= 0.6 is 11.5 Å². The van der Waals surface area contributed by atoms with Crippen molar-refractivity contribution in [3.63, 3.8) is 0 Å². The number of benzene rings is 1. The van der Waals surface area contributed by atoms with E-state index in [4.69, 9.17) is 0 Å². The van der Waals surface area contributed by atoms with E-state index in [-0.39, 0.29) is 9.90 Å². The van der Waals surface area contributed by atoms with E-state index >= 15 is 0 Å². The monoisotopic (exact) mass is 337 g/mol. The van der Waals surface area contributed by atoms with Gasteiger partial charge in [0.2, 0.25) is 0 Å². The number of sulfonamides is 1. The fraction of sp³-hybridized carbons (Fsp3) is 0.0833. The van der Waals surface area contributed by atoms with Crippen molar-refractivity contribution in [2.24, 2.45) is 7.05 Å². The van der Waals surface area contributed by atoms with Crippen LogP contribution in [0.3, 0.4) is 0 Å². The van der Waals surface area contributed by atoms with Gasteiger partial charge >= 0.3 is 0 Å². The van der Waals surface area contributed by atoms with Gasteiger partial charge < -0.3 is 0 Å². The van der Waals surface area contributed by atoms with E-state index in [0.717, 1.165) is 17.0 Å². The third-order valence-electron chi connectivity index (χ3n) is 2.95. The fourth-order valence-corrected chi connectivity index (χ4v) is 3.51. The predicted octanol–water partition coefficient (Wildman–Crippen LogP) is 0.653. The van der Waals surface area contributed by atoms with Gasteiger partial charge in [-0.15, -0.1) is 4.83 Å². The van der Waals surface area contributed by atoms with Crippen LogP contribution < -0.4 is 10.3 Å². The van der Waals surface area contributed by atoms with Crippen LogP contribution in [0, 0.1) is 0 Å². The van der Waals surface area contributed by atoms with Crippen molar-refractivity contribution < 1.29 is 13.2 Å². The highest BCUT2D eigenvalue weighted by Crippen LogP contribution is 2.17. The van der Waals surface area contributed by atoms with Crippen LogP contribution in [0.4, 0.5) is 0 Å². The molecule has 0 bridgehead atoms. The van der Waals surface area contributed by atoms with Crippen molar-refractivity contribution in [3.05, 3.63) is 42.2 Å². The zero-order valence-electron chi connectivity index (χ0n) is 11.3. The molecule has 0 aliphatic rings. The fourth-order valence-electron chi connectivity index (χ4n) is 1.95. The molecular weight excluding hydrogens is 326 g/mol. The van der Waals surface area contributed by atoms with Gasteiger partial charge in [0.25, 0.3) is 15.9 Å². The number of carbonyl (C=O) groups excluding carboxylic acids is 1. The molecule has 0 spiro atoms. The van der Waals surface area contributed by atoms with Gasteiger partial charge in [-0.3, -0.25) is 14.9 Å². The van der Waals surface area contributed by atoms with Crippen LogP contribution in [-0.4, -0.2) is 28.5 Å². The van der Waals surface area contributed by atoms with Crippen LogP contribution in [0.15, 0.2) is 40.7 Å². The summed E-state index contributed by atoms with van der Waals surface area (Å²) in [4.78, 5) is 14.2. The standard InChI is InChI=1S/C12H11N5O3S2/c1-17-9-5-3-2-4-8(9)11(15-17)12(18)14-16-22(19,20)10-6-7-13-21-10/h2-7,16H,1H3,(H,14,18). The Balaban J connectivity index is 1.83. The first kappa shape index (κ1) is 14.6. The number of carbonyl (C=O) groups is 1. The third kappa shape index (κ3) is 2.58. The van der Waals surface area contributed by atoms with Crippen LogP contribution in [-0.2, 0) is 17.1 Å². The van der Waals surface area contributed by atoms with Crippen molar-refractivity contribution in [2.75, 3.05) is 0 Å². The minimum Gasteiger partial charge on any atom is -0.272 e. The molecule has 1 amide bonds. The van der Waals surface area contributed by atoms with Gasteiger partial charge in [-0.2, -0.15) is 9.47 Å². The Morgan fingerprint density at radius 2 is 2.05 bits per heavy atom. The van der Waals surface area contributed by atoms with Gasteiger partial charge in [0.15, 0.2) is 9.90 Å². The first-order chi connectivity index (χ1) is 10.5. The number of aromatic nitrogens is 3. The molecule has 8 nitrogen and oxygen atoms in total. The molecule has 0 aliphatic carbocycles. The lowest BCUT2D eigenvalue weighted by molar-refractivity contribution is 0.0941. The molecule has 0 aliphatic heterocycles. The van der Waals surface area contributed by atoms with Crippen molar-refractivity contribution in [1.29, 1.82) is 0 Å². The maximum Gasteiger partial charge on any atom is 0.287 e. The Bertz CT molecular complexity index is 931. The van der Waals surface area contributed by atoms with Crippen LogP contribution in [0.1, 0.15) is 10.5 Å². The van der Waals surface area contributed by atoms with Crippen molar-refractivity contribution in [2.45, 2.75) is 4.21 Å². The second-order valence-electron chi connectivity index (χ2n) is 4.38. The summed E-state index contributed by atoms with van der Waals surface area (Å²) in [5.74, 6) is -0.634. The van der Waals surface area contributed by atoms with E-state index in [2.05, 4.69) is 14.9 Å². The van der Waals surface area contributed by atoms with Gasteiger partial charge in [-0.05, 0) is 23.7 Å². The molecule has 0 radical (unpaired) electrons. The number of para-hydroxylation sites is 1. The molecule has 1 aromatic carbocycles. The lowest BCUT2D eigenvalue weighted by Crippen LogP contribution is -2.41. The topological polar surface area (TPSA) is 106 Å². The van der Waals surface area contributed by atoms with Crippen molar-refractivity contribution in [3.8, 4) is 0 Å². The summed E-state index contributed by atoms with van der Waals surface area (Å²) < 4.78 is 29.1. The minimum absolute atomic E-state index is 0.0127. The lowest BCUT2D eigenvalue weighted by Gasteiger charge is -2.05. The Morgan fingerprint density at radius 1 is 1.27 bits per heavy atom. The van der Waals surface area contributed by atoms with E-state index in [9.17, 15) is 13.2 Å². The van der Waals surface area contributed by atoms with Gasteiger partial charge in [-0.25, -0.2) is 8.42 Å². The molecule has 114 valence electrons. The molecule has 10 heteroatoms. The highest BCUT2D eigenvalue weighted by atomic mass is 32.2. The molecule has 0 saturated heterocycles. The maximum atomic E-state index is 12.2. The Morgan fingerprint density at radius 3 is 2.77 bits per heavy atom. The molecule has 2 N–H and O–H groups in total. The average molecular weight is 337 g/mol. The highest BCUT2D eigenvalue weighted by Gasteiger charge is 2.20. The number of hydrazine groups is 1. The molecule has 0 fully saturated rings. The Labute approximate surface area is 130 Å². The summed E-state index contributed by atoms with van der Waals surface area (Å²) >= 11 is 0.813. The molecule has 0 saturated carbocycles. The molecule has 3 aromatic rings. The molecule has 0 atom stereocenters. The SMILES string of the molecule is Cn1nc(C(=O)NNS(=O)(=O)c2ccns2)c2ccccc21. The minimum atomic E-state index is -3.83. The maximum absolute atomic E-state index is 12.2. The molecule has 2 aromatic heterocycles.